The number of hydrogen-bond donors (Lipinski definition) is 0. The van der Waals surface area contributed by atoms with Gasteiger partial charge in [0.1, 0.15) is 11.6 Å². The molecular weight excluding hydrogens is 203 g/mol. The van der Waals surface area contributed by atoms with Crippen molar-refractivity contribution in [1.82, 2.24) is 0 Å². The fourth-order valence-corrected chi connectivity index (χ4v) is 1.54. The quantitative estimate of drug-likeness (QED) is 0.751. The van der Waals surface area contributed by atoms with Crippen molar-refractivity contribution in [3.63, 3.8) is 0 Å². The van der Waals surface area contributed by atoms with Crippen LogP contribution in [0.5, 0.6) is 0 Å². The van der Waals surface area contributed by atoms with Crippen LogP contribution in [-0.2, 0) is 11.2 Å². The van der Waals surface area contributed by atoms with Crippen LogP contribution in [0.3, 0.4) is 0 Å². The molecule has 0 fully saturated rings. The van der Waals surface area contributed by atoms with E-state index in [1.54, 1.807) is 12.1 Å². The Morgan fingerprint density at radius 1 is 1.50 bits per heavy atom. The Morgan fingerprint density at radius 3 is 2.79 bits per heavy atom. The Morgan fingerprint density at radius 2 is 2.21 bits per heavy atom. The first-order valence-corrected chi connectivity index (χ1v) is 4.91. The van der Waals surface area contributed by atoms with E-state index in [-0.39, 0.29) is 11.6 Å². The van der Waals surface area contributed by atoms with Gasteiger partial charge in [-0.2, -0.15) is 0 Å². The molecule has 1 aromatic carbocycles. The lowest BCUT2D eigenvalue weighted by Gasteiger charge is -2.04. The fraction of sp³-hybridized carbons (Fsp3) is 0.364. The fourth-order valence-electron chi connectivity index (χ4n) is 1.29. The van der Waals surface area contributed by atoms with Crippen LogP contribution in [0.25, 0.3) is 0 Å². The number of halogens is 2. The first kappa shape index (κ1) is 11.2. The maximum atomic E-state index is 13.2. The highest BCUT2D eigenvalue weighted by molar-refractivity contribution is 6.31. The molecule has 0 aliphatic carbocycles. The molecular formula is C11H12ClFO. The van der Waals surface area contributed by atoms with E-state index in [2.05, 4.69) is 0 Å². The lowest BCUT2D eigenvalue weighted by Crippen LogP contribution is -1.95. The third-order valence-electron chi connectivity index (χ3n) is 2.02. The summed E-state index contributed by atoms with van der Waals surface area (Å²) in [5.41, 5.74) is 0.510. The van der Waals surface area contributed by atoms with Gasteiger partial charge in [0.25, 0.3) is 0 Å². The Labute approximate surface area is 87.9 Å². The molecule has 0 heterocycles. The normalized spacial score (nSPS) is 10.2. The number of Topliss-reactive ketones (excluding diaryl/α,β-unsaturated/α-hetero) is 1. The molecule has 3 heteroatoms. The van der Waals surface area contributed by atoms with Gasteiger partial charge in [0.15, 0.2) is 0 Å². The second kappa shape index (κ2) is 5.11. The van der Waals surface area contributed by atoms with Crippen molar-refractivity contribution < 1.29 is 9.18 Å². The summed E-state index contributed by atoms with van der Waals surface area (Å²) >= 11 is 5.82. The molecule has 14 heavy (non-hydrogen) atoms. The van der Waals surface area contributed by atoms with Crippen LogP contribution >= 0.6 is 11.6 Å². The Hall–Kier alpha value is -0.890. The van der Waals surface area contributed by atoms with Gasteiger partial charge in [-0.25, -0.2) is 4.39 Å². The van der Waals surface area contributed by atoms with Gasteiger partial charge in [-0.15, -0.1) is 0 Å². The van der Waals surface area contributed by atoms with Crippen LogP contribution in [0.4, 0.5) is 4.39 Å². The highest BCUT2D eigenvalue weighted by Crippen LogP contribution is 2.20. The summed E-state index contributed by atoms with van der Waals surface area (Å²) in [6.07, 6.45) is 1.64. The minimum atomic E-state index is -0.291. The maximum absolute atomic E-state index is 13.2. The second-order valence-corrected chi connectivity index (χ2v) is 3.66. The lowest BCUT2D eigenvalue weighted by atomic mass is 10.1. The average Bonchev–Trinajstić information content (AvgIpc) is 2.09. The van der Waals surface area contributed by atoms with E-state index in [1.807, 2.05) is 0 Å². The Bertz CT molecular complexity index is 316. The highest BCUT2D eigenvalue weighted by atomic mass is 35.5. The van der Waals surface area contributed by atoms with Gasteiger partial charge in [0.05, 0.1) is 0 Å². The third-order valence-corrected chi connectivity index (χ3v) is 2.37. The number of benzene rings is 1. The summed E-state index contributed by atoms with van der Waals surface area (Å²) in [5, 5.41) is 0.438. The molecule has 0 bridgehead atoms. The minimum absolute atomic E-state index is 0.123. The summed E-state index contributed by atoms with van der Waals surface area (Å²) in [7, 11) is 0. The van der Waals surface area contributed by atoms with Crippen LogP contribution in [0.1, 0.15) is 25.3 Å². The minimum Gasteiger partial charge on any atom is -0.300 e. The monoisotopic (exact) mass is 214 g/mol. The van der Waals surface area contributed by atoms with Crippen LogP contribution in [-0.4, -0.2) is 5.78 Å². The van der Waals surface area contributed by atoms with Crippen LogP contribution in [0, 0.1) is 5.82 Å². The highest BCUT2D eigenvalue weighted by Gasteiger charge is 2.06. The van der Waals surface area contributed by atoms with Crippen molar-refractivity contribution in [2.24, 2.45) is 0 Å². The SMILES string of the molecule is CC(=O)CCCc1c(F)cccc1Cl. The summed E-state index contributed by atoms with van der Waals surface area (Å²) in [4.78, 5) is 10.7. The van der Waals surface area contributed by atoms with Gasteiger partial charge in [-0.05, 0) is 31.9 Å². The van der Waals surface area contributed by atoms with Gasteiger partial charge < -0.3 is 4.79 Å². The Kier molecular flexibility index (Phi) is 4.08. The van der Waals surface area contributed by atoms with Crippen LogP contribution < -0.4 is 0 Å². The van der Waals surface area contributed by atoms with E-state index in [1.165, 1.54) is 13.0 Å². The molecule has 0 aliphatic rings. The molecule has 0 amide bonds. The second-order valence-electron chi connectivity index (χ2n) is 3.26. The number of carbonyl (C=O) groups excluding carboxylic acids is 1. The molecule has 1 rings (SSSR count). The first-order chi connectivity index (χ1) is 6.61. The molecule has 0 saturated carbocycles. The van der Waals surface area contributed by atoms with E-state index in [4.69, 9.17) is 11.6 Å². The largest absolute Gasteiger partial charge is 0.300 e. The molecule has 0 N–H and O–H groups in total. The summed E-state index contributed by atoms with van der Waals surface area (Å²) in [6, 6.07) is 4.62. The number of ketones is 1. The molecule has 0 saturated heterocycles. The Balaban J connectivity index is 2.62. The van der Waals surface area contributed by atoms with Crippen LogP contribution in [0.15, 0.2) is 18.2 Å². The molecule has 1 nitrogen and oxygen atoms in total. The van der Waals surface area contributed by atoms with Crippen molar-refractivity contribution in [1.29, 1.82) is 0 Å². The van der Waals surface area contributed by atoms with Gasteiger partial charge in [-0.1, -0.05) is 17.7 Å². The van der Waals surface area contributed by atoms with Gasteiger partial charge in [-0.3, -0.25) is 0 Å². The van der Waals surface area contributed by atoms with E-state index in [9.17, 15) is 9.18 Å². The molecule has 0 aromatic heterocycles. The number of hydrogen-bond acceptors (Lipinski definition) is 1. The van der Waals surface area contributed by atoms with Crippen molar-refractivity contribution in [2.75, 3.05) is 0 Å². The standard InChI is InChI=1S/C11H12ClFO/c1-8(14)4-2-5-9-10(12)6-3-7-11(9)13/h3,6-7H,2,4-5H2,1H3. The van der Waals surface area contributed by atoms with Gasteiger partial charge >= 0.3 is 0 Å². The topological polar surface area (TPSA) is 17.1 Å². The predicted molar refractivity (Wildman–Crippen MR) is 55.0 cm³/mol. The molecule has 0 atom stereocenters. The number of carbonyl (C=O) groups is 1. The van der Waals surface area contributed by atoms with Gasteiger partial charge in [0.2, 0.25) is 0 Å². The summed E-state index contributed by atoms with van der Waals surface area (Å²) < 4.78 is 13.2. The average molecular weight is 215 g/mol. The molecule has 76 valence electrons. The molecule has 0 spiro atoms. The van der Waals surface area contributed by atoms with Crippen molar-refractivity contribution >= 4 is 17.4 Å². The zero-order valence-corrected chi connectivity index (χ0v) is 8.77. The zero-order valence-electron chi connectivity index (χ0n) is 8.02. The first-order valence-electron chi connectivity index (χ1n) is 4.53. The molecule has 0 unspecified atom stereocenters. The van der Waals surface area contributed by atoms with E-state index in [0.29, 0.717) is 29.8 Å². The zero-order chi connectivity index (χ0) is 10.6. The van der Waals surface area contributed by atoms with E-state index in [0.717, 1.165) is 0 Å². The van der Waals surface area contributed by atoms with Crippen molar-refractivity contribution in [3.05, 3.63) is 34.6 Å². The summed E-state index contributed by atoms with van der Waals surface area (Å²) in [5.74, 6) is -0.168. The predicted octanol–water partition coefficient (Wildman–Crippen LogP) is 3.39. The number of rotatable bonds is 4. The summed E-state index contributed by atoms with van der Waals surface area (Å²) in [6.45, 7) is 1.53. The lowest BCUT2D eigenvalue weighted by molar-refractivity contribution is -0.117. The smallest absolute Gasteiger partial charge is 0.129 e. The van der Waals surface area contributed by atoms with E-state index >= 15 is 0 Å². The van der Waals surface area contributed by atoms with Crippen molar-refractivity contribution in [2.45, 2.75) is 26.2 Å². The van der Waals surface area contributed by atoms with E-state index < -0.39 is 0 Å². The van der Waals surface area contributed by atoms with Crippen LogP contribution in [0.2, 0.25) is 5.02 Å². The third kappa shape index (κ3) is 3.11. The molecule has 0 aliphatic heterocycles. The van der Waals surface area contributed by atoms with Gasteiger partial charge in [0, 0.05) is 17.0 Å². The maximum Gasteiger partial charge on any atom is 0.129 e. The van der Waals surface area contributed by atoms with Crippen molar-refractivity contribution in [3.8, 4) is 0 Å². The molecule has 1 aromatic rings. The molecule has 0 radical (unpaired) electrons.